The molecule has 7 heteroatoms. The summed E-state index contributed by atoms with van der Waals surface area (Å²) in [6.45, 7) is 8.33. The van der Waals surface area contributed by atoms with Gasteiger partial charge in [0.15, 0.2) is 5.96 Å². The normalized spacial score (nSPS) is 11.1. The minimum absolute atomic E-state index is 0. The highest BCUT2D eigenvalue weighted by Crippen LogP contribution is 2.16. The fourth-order valence-corrected chi connectivity index (χ4v) is 3.15. The van der Waals surface area contributed by atoms with E-state index in [1.165, 1.54) is 10.9 Å². The predicted octanol–water partition coefficient (Wildman–Crippen LogP) is 4.20. The maximum atomic E-state index is 13.1. The molecule has 0 atom stereocenters. The van der Waals surface area contributed by atoms with Crippen LogP contribution in [0.1, 0.15) is 34.5 Å². The highest BCUT2D eigenvalue weighted by atomic mass is 127. The van der Waals surface area contributed by atoms with Gasteiger partial charge in [-0.25, -0.2) is 14.4 Å². The van der Waals surface area contributed by atoms with E-state index in [0.717, 1.165) is 48.2 Å². The molecule has 1 aromatic carbocycles. The highest BCUT2D eigenvalue weighted by Gasteiger charge is 2.04. The predicted molar refractivity (Wildman–Crippen MR) is 115 cm³/mol. The Kier molecular flexibility index (Phi) is 9.96. The van der Waals surface area contributed by atoms with Gasteiger partial charge >= 0.3 is 0 Å². The second-order valence-electron chi connectivity index (χ2n) is 5.60. The maximum absolute atomic E-state index is 13.1. The molecular formula is C18H26FIN4S. The minimum atomic E-state index is -0.176. The summed E-state index contributed by atoms with van der Waals surface area (Å²) < 4.78 is 13.1. The molecule has 2 rings (SSSR count). The summed E-state index contributed by atoms with van der Waals surface area (Å²) in [6.07, 6.45) is 1.76. The van der Waals surface area contributed by atoms with Crippen LogP contribution in [0.4, 0.5) is 4.39 Å². The molecule has 4 nitrogen and oxygen atoms in total. The van der Waals surface area contributed by atoms with Crippen LogP contribution in [-0.4, -0.2) is 24.0 Å². The molecule has 0 aliphatic heterocycles. The molecular weight excluding hydrogens is 450 g/mol. The Hall–Kier alpha value is -1.22. The van der Waals surface area contributed by atoms with Crippen LogP contribution in [0.2, 0.25) is 0 Å². The van der Waals surface area contributed by atoms with Crippen molar-refractivity contribution in [2.24, 2.45) is 4.99 Å². The molecule has 0 aliphatic carbocycles. The van der Waals surface area contributed by atoms with Crippen molar-refractivity contribution in [1.29, 1.82) is 0 Å². The fourth-order valence-electron chi connectivity index (χ4n) is 2.29. The second kappa shape index (κ2) is 11.4. The van der Waals surface area contributed by atoms with E-state index in [1.54, 1.807) is 23.5 Å². The number of guanidine groups is 1. The molecule has 138 valence electrons. The number of nitrogens with one attached hydrogen (secondary N) is 2. The Bertz CT molecular complexity index is 668. The van der Waals surface area contributed by atoms with Gasteiger partial charge in [-0.1, -0.05) is 12.1 Å². The number of benzene rings is 1. The molecule has 0 spiro atoms. The molecule has 0 saturated heterocycles. The van der Waals surface area contributed by atoms with Gasteiger partial charge in [0.25, 0.3) is 0 Å². The number of aromatic nitrogens is 1. The van der Waals surface area contributed by atoms with E-state index >= 15 is 0 Å². The Balaban J connectivity index is 0.00000312. The van der Waals surface area contributed by atoms with Gasteiger partial charge in [0.05, 0.1) is 12.2 Å². The average molecular weight is 476 g/mol. The fraction of sp³-hybridized carbons (Fsp3) is 0.444. The number of halogens is 2. The summed E-state index contributed by atoms with van der Waals surface area (Å²) >= 11 is 1.69. The van der Waals surface area contributed by atoms with E-state index in [9.17, 15) is 4.39 Å². The van der Waals surface area contributed by atoms with Crippen LogP contribution >= 0.6 is 35.3 Å². The van der Waals surface area contributed by atoms with E-state index < -0.39 is 0 Å². The lowest BCUT2D eigenvalue weighted by atomic mass is 10.1. The monoisotopic (exact) mass is 476 g/mol. The molecule has 0 fully saturated rings. The molecule has 25 heavy (non-hydrogen) atoms. The molecule has 0 aliphatic rings. The van der Waals surface area contributed by atoms with Crippen molar-refractivity contribution < 1.29 is 4.39 Å². The van der Waals surface area contributed by atoms with Crippen molar-refractivity contribution in [2.45, 2.75) is 40.2 Å². The second-order valence-corrected chi connectivity index (χ2v) is 6.89. The summed E-state index contributed by atoms with van der Waals surface area (Å²) in [5, 5.41) is 7.59. The molecule has 2 N–H and O–H groups in total. The number of aliphatic imine (C=N–C) groups is 1. The number of nitrogens with zero attached hydrogens (tertiary/aromatic N) is 2. The first kappa shape index (κ1) is 21.8. The van der Waals surface area contributed by atoms with Crippen molar-refractivity contribution >= 4 is 41.3 Å². The third-order valence-corrected chi connectivity index (χ3v) is 4.67. The Morgan fingerprint density at radius 1 is 1.28 bits per heavy atom. The standard InChI is InChI=1S/C18H25FN4S.HI/c1-4-20-18(22-12-17-23-13(2)14(3)24-17)21-10-6-8-15-7-5-9-16(19)11-15;/h5,7,9,11H,4,6,8,10,12H2,1-3H3,(H2,20,21,22);1H. The van der Waals surface area contributed by atoms with Crippen LogP contribution in [0.5, 0.6) is 0 Å². The SMILES string of the molecule is CCNC(=NCc1nc(C)c(C)s1)NCCCc1cccc(F)c1.I. The lowest BCUT2D eigenvalue weighted by Gasteiger charge is -2.11. The molecule has 0 radical (unpaired) electrons. The first-order chi connectivity index (χ1) is 11.6. The molecule has 0 amide bonds. The number of hydrogen-bond donors (Lipinski definition) is 2. The van der Waals surface area contributed by atoms with E-state index in [4.69, 9.17) is 0 Å². The number of thiazole rings is 1. The van der Waals surface area contributed by atoms with Crippen LogP contribution < -0.4 is 10.6 Å². The van der Waals surface area contributed by atoms with Crippen molar-refractivity contribution in [3.63, 3.8) is 0 Å². The van der Waals surface area contributed by atoms with Crippen LogP contribution in [0.25, 0.3) is 0 Å². The summed E-state index contributed by atoms with van der Waals surface area (Å²) in [5.41, 5.74) is 2.10. The molecule has 0 saturated carbocycles. The molecule has 2 aromatic rings. The summed E-state index contributed by atoms with van der Waals surface area (Å²) in [4.78, 5) is 10.3. The van der Waals surface area contributed by atoms with Gasteiger partial charge < -0.3 is 10.6 Å². The summed E-state index contributed by atoms with van der Waals surface area (Å²) in [6, 6.07) is 6.77. The van der Waals surface area contributed by atoms with E-state index in [2.05, 4.69) is 27.5 Å². The Morgan fingerprint density at radius 2 is 2.08 bits per heavy atom. The summed E-state index contributed by atoms with van der Waals surface area (Å²) in [7, 11) is 0. The quantitative estimate of drug-likeness (QED) is 0.273. The zero-order valence-corrected chi connectivity index (χ0v) is 18.1. The van der Waals surface area contributed by atoms with E-state index in [0.29, 0.717) is 6.54 Å². The largest absolute Gasteiger partial charge is 0.357 e. The van der Waals surface area contributed by atoms with E-state index in [-0.39, 0.29) is 29.8 Å². The third kappa shape index (κ3) is 7.68. The topological polar surface area (TPSA) is 49.3 Å². The van der Waals surface area contributed by atoms with Gasteiger partial charge in [-0.15, -0.1) is 35.3 Å². The Morgan fingerprint density at radius 3 is 2.72 bits per heavy atom. The van der Waals surface area contributed by atoms with Crippen molar-refractivity contribution in [2.75, 3.05) is 13.1 Å². The van der Waals surface area contributed by atoms with Crippen LogP contribution in [0, 0.1) is 19.7 Å². The lowest BCUT2D eigenvalue weighted by molar-refractivity contribution is 0.624. The van der Waals surface area contributed by atoms with Crippen LogP contribution in [0.15, 0.2) is 29.3 Å². The minimum Gasteiger partial charge on any atom is -0.357 e. The molecule has 1 heterocycles. The van der Waals surface area contributed by atoms with Crippen molar-refractivity contribution in [3.05, 3.63) is 51.2 Å². The molecule has 0 unspecified atom stereocenters. The number of rotatable bonds is 7. The van der Waals surface area contributed by atoms with E-state index in [1.807, 2.05) is 19.9 Å². The maximum Gasteiger partial charge on any atom is 0.191 e. The number of hydrogen-bond acceptors (Lipinski definition) is 3. The Labute approximate surface area is 170 Å². The van der Waals surface area contributed by atoms with Crippen molar-refractivity contribution in [3.8, 4) is 0 Å². The van der Waals surface area contributed by atoms with Gasteiger partial charge in [0.2, 0.25) is 0 Å². The first-order valence-corrected chi connectivity index (χ1v) is 9.09. The van der Waals surface area contributed by atoms with Gasteiger partial charge in [-0.05, 0) is 51.3 Å². The van der Waals surface area contributed by atoms with Gasteiger partial charge in [0.1, 0.15) is 10.8 Å². The van der Waals surface area contributed by atoms with Gasteiger partial charge in [-0.2, -0.15) is 0 Å². The number of aryl methyl sites for hydroxylation is 3. The van der Waals surface area contributed by atoms with Crippen LogP contribution in [0.3, 0.4) is 0 Å². The van der Waals surface area contributed by atoms with Crippen molar-refractivity contribution in [1.82, 2.24) is 15.6 Å². The first-order valence-electron chi connectivity index (χ1n) is 8.28. The highest BCUT2D eigenvalue weighted by molar-refractivity contribution is 14.0. The lowest BCUT2D eigenvalue weighted by Crippen LogP contribution is -2.37. The smallest absolute Gasteiger partial charge is 0.191 e. The summed E-state index contributed by atoms with van der Waals surface area (Å²) in [5.74, 6) is 0.617. The molecule has 1 aromatic heterocycles. The molecule has 0 bridgehead atoms. The van der Waals surface area contributed by atoms with Gasteiger partial charge in [-0.3, -0.25) is 0 Å². The third-order valence-electron chi connectivity index (χ3n) is 3.61. The van der Waals surface area contributed by atoms with Gasteiger partial charge in [0, 0.05) is 18.0 Å². The average Bonchev–Trinajstić information content (AvgIpc) is 2.87. The zero-order valence-electron chi connectivity index (χ0n) is 14.9. The van der Waals surface area contributed by atoms with Crippen LogP contribution in [-0.2, 0) is 13.0 Å². The zero-order chi connectivity index (χ0) is 17.4.